The highest BCUT2D eigenvalue weighted by Gasteiger charge is 2.39. The number of carbonyl (C=O) groups is 1. The Labute approximate surface area is 107 Å². The van der Waals surface area contributed by atoms with E-state index >= 15 is 0 Å². The summed E-state index contributed by atoms with van der Waals surface area (Å²) >= 11 is 1.76. The molecule has 2 rings (SSSR count). The van der Waals surface area contributed by atoms with Gasteiger partial charge >= 0.3 is 0 Å². The van der Waals surface area contributed by atoms with Crippen LogP contribution in [0.1, 0.15) is 32.6 Å². The van der Waals surface area contributed by atoms with Crippen LogP contribution in [0.5, 0.6) is 0 Å². The second-order valence-electron chi connectivity index (χ2n) is 5.17. The Morgan fingerprint density at radius 3 is 2.94 bits per heavy atom. The number of aliphatic imine (C=N–C) groups is 1. The normalized spacial score (nSPS) is 34.9. The molecule has 1 heterocycles. The number of nitrogens with zero attached hydrogens (tertiary/aromatic N) is 1. The first-order valence-corrected chi connectivity index (χ1v) is 7.28. The van der Waals surface area contributed by atoms with Crippen LogP contribution in [-0.4, -0.2) is 36.0 Å². The quantitative estimate of drug-likeness (QED) is 0.783. The van der Waals surface area contributed by atoms with Crippen molar-refractivity contribution in [2.24, 2.45) is 10.9 Å². The van der Waals surface area contributed by atoms with E-state index in [9.17, 15) is 4.79 Å². The number of thioether (sulfide) groups is 1. The topological polar surface area (TPSA) is 53.5 Å². The Kier molecular flexibility index (Phi) is 3.97. The molecule has 4 nitrogen and oxygen atoms in total. The fourth-order valence-electron chi connectivity index (χ4n) is 2.40. The molecule has 5 heteroatoms. The predicted octanol–water partition coefficient (Wildman–Crippen LogP) is 1.37. The molecule has 1 saturated heterocycles. The summed E-state index contributed by atoms with van der Waals surface area (Å²) < 4.78 is 0. The Morgan fingerprint density at radius 1 is 1.59 bits per heavy atom. The summed E-state index contributed by atoms with van der Waals surface area (Å²) in [7, 11) is 1.64. The molecule has 0 aromatic heterocycles. The minimum Gasteiger partial charge on any atom is -0.359 e. The fraction of sp³-hybridized carbons (Fsp3) is 0.833. The van der Waals surface area contributed by atoms with Gasteiger partial charge in [0, 0.05) is 18.3 Å². The van der Waals surface area contributed by atoms with Crippen molar-refractivity contribution in [2.45, 2.75) is 38.1 Å². The number of nitrogens with one attached hydrogen (secondary N) is 2. The molecule has 0 aromatic rings. The Hall–Kier alpha value is -0.710. The molecule has 2 aliphatic rings. The van der Waals surface area contributed by atoms with Gasteiger partial charge in [-0.05, 0) is 31.6 Å². The average molecular weight is 255 g/mol. The zero-order valence-electron chi connectivity index (χ0n) is 10.6. The highest BCUT2D eigenvalue weighted by atomic mass is 32.2. The molecule has 0 unspecified atom stereocenters. The molecular weight excluding hydrogens is 234 g/mol. The molecule has 0 atom stereocenters. The van der Waals surface area contributed by atoms with E-state index in [0.29, 0.717) is 0 Å². The number of amidine groups is 1. The fourth-order valence-corrected chi connectivity index (χ4v) is 3.62. The first-order valence-electron chi connectivity index (χ1n) is 6.29. The van der Waals surface area contributed by atoms with Crippen molar-refractivity contribution in [3.8, 4) is 0 Å². The smallest absolute Gasteiger partial charge is 0.241 e. The highest BCUT2D eigenvalue weighted by molar-refractivity contribution is 8.14. The third-order valence-corrected chi connectivity index (χ3v) is 4.94. The first-order chi connectivity index (χ1) is 8.13. The third-order valence-electron chi connectivity index (χ3n) is 3.73. The SMILES string of the molecule is CNC(=O)CN=C1NC2(CCC(C)CC2)CS1. The van der Waals surface area contributed by atoms with E-state index in [0.717, 1.165) is 16.8 Å². The lowest BCUT2D eigenvalue weighted by atomic mass is 9.78. The zero-order chi connectivity index (χ0) is 12.3. The van der Waals surface area contributed by atoms with Crippen molar-refractivity contribution in [3.05, 3.63) is 0 Å². The minimum atomic E-state index is -0.0295. The lowest BCUT2D eigenvalue weighted by molar-refractivity contribution is -0.119. The van der Waals surface area contributed by atoms with E-state index in [1.165, 1.54) is 25.7 Å². The average Bonchev–Trinajstić information content (AvgIpc) is 2.74. The molecular formula is C12H21N3OS. The second kappa shape index (κ2) is 5.29. The minimum absolute atomic E-state index is 0.0295. The molecule has 1 saturated carbocycles. The summed E-state index contributed by atoms with van der Waals surface area (Å²) in [5.41, 5.74) is 0.263. The maximum absolute atomic E-state index is 11.1. The number of carbonyl (C=O) groups excluding carboxylic acids is 1. The lowest BCUT2D eigenvalue weighted by Crippen LogP contribution is -2.46. The van der Waals surface area contributed by atoms with Crippen LogP contribution in [0.15, 0.2) is 4.99 Å². The van der Waals surface area contributed by atoms with Crippen molar-refractivity contribution in [3.63, 3.8) is 0 Å². The maximum Gasteiger partial charge on any atom is 0.241 e. The standard InChI is InChI=1S/C12H21N3OS/c1-9-3-5-12(6-4-9)8-17-11(15-12)14-7-10(16)13-2/h9H,3-8H2,1-2H3,(H,13,16)(H,14,15). The van der Waals surface area contributed by atoms with Crippen LogP contribution in [0.2, 0.25) is 0 Å². The molecule has 1 aliphatic carbocycles. The molecule has 17 heavy (non-hydrogen) atoms. The number of rotatable bonds is 2. The molecule has 1 amide bonds. The number of likely N-dealkylation sites (N-methyl/N-ethyl adjacent to an activating group) is 1. The van der Waals surface area contributed by atoms with Crippen molar-refractivity contribution in [1.82, 2.24) is 10.6 Å². The van der Waals surface area contributed by atoms with Crippen molar-refractivity contribution in [2.75, 3.05) is 19.3 Å². The van der Waals surface area contributed by atoms with Gasteiger partial charge in [-0.25, -0.2) is 0 Å². The molecule has 1 aliphatic heterocycles. The number of hydrogen-bond acceptors (Lipinski definition) is 3. The highest BCUT2D eigenvalue weighted by Crippen LogP contribution is 2.38. The van der Waals surface area contributed by atoms with Gasteiger partial charge in [0.1, 0.15) is 6.54 Å². The van der Waals surface area contributed by atoms with Gasteiger partial charge in [0.05, 0.1) is 0 Å². The van der Waals surface area contributed by atoms with E-state index in [-0.39, 0.29) is 18.0 Å². The van der Waals surface area contributed by atoms with E-state index < -0.39 is 0 Å². The summed E-state index contributed by atoms with van der Waals surface area (Å²) in [5.74, 6) is 1.93. The largest absolute Gasteiger partial charge is 0.359 e. The second-order valence-corrected chi connectivity index (χ2v) is 6.14. The van der Waals surface area contributed by atoms with Crippen molar-refractivity contribution < 1.29 is 4.79 Å². The van der Waals surface area contributed by atoms with E-state index in [1.54, 1.807) is 18.8 Å². The van der Waals surface area contributed by atoms with Crippen LogP contribution in [0, 0.1) is 5.92 Å². The molecule has 1 spiro atoms. The summed E-state index contributed by atoms with van der Waals surface area (Å²) in [6.45, 7) is 2.56. The molecule has 2 N–H and O–H groups in total. The summed E-state index contributed by atoms with van der Waals surface area (Å²) in [6.07, 6.45) is 5.08. The van der Waals surface area contributed by atoms with Crippen molar-refractivity contribution in [1.29, 1.82) is 0 Å². The van der Waals surface area contributed by atoms with Gasteiger partial charge in [0.2, 0.25) is 5.91 Å². The molecule has 0 aromatic carbocycles. The monoisotopic (exact) mass is 255 g/mol. The van der Waals surface area contributed by atoms with Gasteiger partial charge in [-0.1, -0.05) is 18.7 Å². The van der Waals surface area contributed by atoms with Gasteiger partial charge in [0.25, 0.3) is 0 Å². The van der Waals surface area contributed by atoms with Gasteiger partial charge in [0.15, 0.2) is 5.17 Å². The number of hydrogen-bond donors (Lipinski definition) is 2. The predicted molar refractivity (Wildman–Crippen MR) is 72.3 cm³/mol. The van der Waals surface area contributed by atoms with Gasteiger partial charge in [-0.3, -0.25) is 9.79 Å². The van der Waals surface area contributed by atoms with Crippen LogP contribution in [0.3, 0.4) is 0 Å². The van der Waals surface area contributed by atoms with Gasteiger partial charge in [-0.15, -0.1) is 0 Å². The van der Waals surface area contributed by atoms with Crippen LogP contribution in [0.4, 0.5) is 0 Å². The van der Waals surface area contributed by atoms with E-state index in [2.05, 4.69) is 22.5 Å². The summed E-state index contributed by atoms with van der Waals surface area (Å²) in [6, 6.07) is 0. The molecule has 0 radical (unpaired) electrons. The first kappa shape index (κ1) is 12.7. The zero-order valence-corrected chi connectivity index (χ0v) is 11.4. The number of amides is 1. The Balaban J connectivity index is 1.88. The van der Waals surface area contributed by atoms with E-state index in [1.807, 2.05) is 0 Å². The van der Waals surface area contributed by atoms with Crippen LogP contribution in [-0.2, 0) is 4.79 Å². The molecule has 96 valence electrons. The lowest BCUT2D eigenvalue weighted by Gasteiger charge is -2.35. The molecule has 0 bridgehead atoms. The van der Waals surface area contributed by atoms with Gasteiger partial charge in [-0.2, -0.15) is 0 Å². The maximum atomic E-state index is 11.1. The third kappa shape index (κ3) is 3.15. The summed E-state index contributed by atoms with van der Waals surface area (Å²) in [5, 5.41) is 7.07. The van der Waals surface area contributed by atoms with Crippen LogP contribution >= 0.6 is 11.8 Å². The summed E-state index contributed by atoms with van der Waals surface area (Å²) in [4.78, 5) is 15.4. The Morgan fingerprint density at radius 2 is 2.29 bits per heavy atom. The van der Waals surface area contributed by atoms with Crippen LogP contribution in [0.25, 0.3) is 0 Å². The van der Waals surface area contributed by atoms with Crippen molar-refractivity contribution >= 4 is 22.8 Å². The van der Waals surface area contributed by atoms with E-state index in [4.69, 9.17) is 0 Å². The van der Waals surface area contributed by atoms with Crippen LogP contribution < -0.4 is 10.6 Å². The Bertz CT molecular complexity index is 322. The van der Waals surface area contributed by atoms with Gasteiger partial charge < -0.3 is 10.6 Å². The molecule has 2 fully saturated rings.